The van der Waals surface area contributed by atoms with Gasteiger partial charge >= 0.3 is 6.03 Å². The zero-order chi connectivity index (χ0) is 21.4. The van der Waals surface area contributed by atoms with E-state index in [9.17, 15) is 14.4 Å². The molecule has 30 heavy (non-hydrogen) atoms. The van der Waals surface area contributed by atoms with E-state index in [-0.39, 0.29) is 21.3 Å². The number of carbonyl (C=O) groups excluding carboxylic acids is 3. The van der Waals surface area contributed by atoms with Crippen LogP contribution in [0.2, 0.25) is 10.0 Å². The van der Waals surface area contributed by atoms with E-state index in [4.69, 9.17) is 29.6 Å². The lowest BCUT2D eigenvalue weighted by molar-refractivity contribution is -0.122. The number of rotatable bonds is 3. The number of carbonyl (C=O) groups is 3. The van der Waals surface area contributed by atoms with E-state index in [1.165, 1.54) is 18.2 Å². The molecule has 1 fully saturated rings. The molecular weight excluding hydrogens is 425 g/mol. The minimum absolute atomic E-state index is 0.0296. The average Bonchev–Trinajstić information content (AvgIpc) is 3.06. The van der Waals surface area contributed by atoms with Gasteiger partial charge in [0.2, 0.25) is 0 Å². The number of aromatic nitrogens is 1. The van der Waals surface area contributed by atoms with E-state index in [0.29, 0.717) is 12.1 Å². The maximum absolute atomic E-state index is 13.1. The second kappa shape index (κ2) is 7.71. The van der Waals surface area contributed by atoms with Crippen LogP contribution in [-0.4, -0.2) is 22.4 Å². The lowest BCUT2D eigenvalue weighted by Crippen LogP contribution is -2.54. The van der Waals surface area contributed by atoms with Crippen molar-refractivity contribution in [2.24, 2.45) is 0 Å². The highest BCUT2D eigenvalue weighted by Gasteiger charge is 2.38. The highest BCUT2D eigenvalue weighted by molar-refractivity contribution is 6.46. The van der Waals surface area contributed by atoms with Crippen molar-refractivity contribution in [1.29, 1.82) is 0 Å². The van der Waals surface area contributed by atoms with Gasteiger partial charge in [0.25, 0.3) is 11.8 Å². The predicted molar refractivity (Wildman–Crippen MR) is 116 cm³/mol. The molecule has 3 aromatic rings. The molecule has 0 bridgehead atoms. The van der Waals surface area contributed by atoms with Gasteiger partial charge < -0.3 is 4.57 Å². The molecule has 4 amide bonds. The van der Waals surface area contributed by atoms with Crippen LogP contribution >= 0.6 is 23.2 Å². The van der Waals surface area contributed by atoms with Crippen molar-refractivity contribution in [1.82, 2.24) is 9.88 Å². The molecule has 1 N–H and O–H groups in total. The predicted octanol–water partition coefficient (Wildman–Crippen LogP) is 4.25. The monoisotopic (exact) mass is 437 g/mol. The van der Waals surface area contributed by atoms with Crippen molar-refractivity contribution in [3.63, 3.8) is 0 Å². The van der Waals surface area contributed by atoms with Crippen LogP contribution in [0.4, 0.5) is 10.5 Å². The molecule has 1 aliphatic rings. The first-order chi connectivity index (χ1) is 14.4. The summed E-state index contributed by atoms with van der Waals surface area (Å²) in [6.07, 6.45) is 8.63. The third-order valence-corrected chi connectivity index (χ3v) is 5.46. The summed E-state index contributed by atoms with van der Waals surface area (Å²) in [6, 6.07) is 11.1. The molecule has 0 atom stereocenters. The van der Waals surface area contributed by atoms with E-state index in [1.54, 1.807) is 12.3 Å². The Hall–Kier alpha value is -3.53. The van der Waals surface area contributed by atoms with Crippen LogP contribution in [0, 0.1) is 12.3 Å². The molecular formula is C22H13Cl2N3O3. The Kier molecular flexibility index (Phi) is 5.08. The SMILES string of the molecule is C#CCn1cc(/C=C2\C(=O)NC(=O)N(c3cccc(Cl)c3Cl)C2=O)c2ccccc21. The zero-order valence-corrected chi connectivity index (χ0v) is 16.9. The van der Waals surface area contributed by atoms with Crippen LogP contribution in [0.3, 0.4) is 0 Å². The average molecular weight is 438 g/mol. The van der Waals surface area contributed by atoms with E-state index >= 15 is 0 Å². The largest absolute Gasteiger partial charge is 0.336 e. The Balaban J connectivity index is 1.84. The number of nitrogens with zero attached hydrogens (tertiary/aromatic N) is 2. The number of anilines is 1. The van der Waals surface area contributed by atoms with Crippen LogP contribution in [0.1, 0.15) is 5.56 Å². The molecule has 0 unspecified atom stereocenters. The number of para-hydroxylation sites is 1. The van der Waals surface area contributed by atoms with Crippen LogP contribution in [0.25, 0.3) is 17.0 Å². The summed E-state index contributed by atoms with van der Waals surface area (Å²) in [5.41, 5.74) is 1.34. The summed E-state index contributed by atoms with van der Waals surface area (Å²) in [6.45, 7) is 0.326. The summed E-state index contributed by atoms with van der Waals surface area (Å²) in [5.74, 6) is 0.971. The van der Waals surface area contributed by atoms with Crippen molar-refractivity contribution < 1.29 is 14.4 Å². The molecule has 6 nitrogen and oxygen atoms in total. The number of barbiturate groups is 1. The molecule has 0 saturated carbocycles. The van der Waals surface area contributed by atoms with Gasteiger partial charge in [0.15, 0.2) is 0 Å². The Labute approximate surface area is 181 Å². The molecule has 4 rings (SSSR count). The van der Waals surface area contributed by atoms with Crippen LogP contribution in [0.15, 0.2) is 54.2 Å². The molecule has 148 valence electrons. The summed E-state index contributed by atoms with van der Waals surface area (Å²) in [7, 11) is 0. The van der Waals surface area contributed by atoms with Crippen molar-refractivity contribution in [2.45, 2.75) is 6.54 Å². The number of amides is 4. The normalized spacial score (nSPS) is 15.6. The van der Waals surface area contributed by atoms with Crippen molar-refractivity contribution in [3.8, 4) is 12.3 Å². The number of urea groups is 1. The first kappa shape index (κ1) is 19.8. The smallest absolute Gasteiger partial charge is 0.335 e. The van der Waals surface area contributed by atoms with E-state index in [2.05, 4.69) is 11.2 Å². The Morgan fingerprint density at radius 3 is 2.60 bits per heavy atom. The summed E-state index contributed by atoms with van der Waals surface area (Å²) < 4.78 is 1.84. The molecule has 0 aliphatic carbocycles. The number of imide groups is 2. The summed E-state index contributed by atoms with van der Waals surface area (Å²) in [5, 5.41) is 3.19. The Bertz CT molecular complexity index is 1300. The molecule has 0 radical (unpaired) electrons. The topological polar surface area (TPSA) is 71.4 Å². The van der Waals surface area contributed by atoms with Gasteiger partial charge in [-0.3, -0.25) is 14.9 Å². The van der Waals surface area contributed by atoms with Crippen LogP contribution in [-0.2, 0) is 16.1 Å². The standard InChI is InChI=1S/C22H13Cl2N3O3/c1-2-10-26-12-13(14-6-3-4-8-17(14)26)11-15-20(28)25-22(30)27(21(15)29)18-9-5-7-16(23)19(18)24/h1,3-9,11-12H,10H2,(H,25,28,30)/b15-11+. The van der Waals surface area contributed by atoms with Gasteiger partial charge in [0.05, 0.1) is 22.3 Å². The number of hydrogen-bond acceptors (Lipinski definition) is 3. The van der Waals surface area contributed by atoms with Crippen molar-refractivity contribution >= 4 is 63.7 Å². The molecule has 0 spiro atoms. The molecule has 8 heteroatoms. The second-order valence-electron chi connectivity index (χ2n) is 6.46. The fourth-order valence-corrected chi connectivity index (χ4v) is 3.70. The number of hydrogen-bond donors (Lipinski definition) is 1. The lowest BCUT2D eigenvalue weighted by Gasteiger charge is -2.27. The van der Waals surface area contributed by atoms with Crippen LogP contribution < -0.4 is 10.2 Å². The molecule has 2 heterocycles. The maximum atomic E-state index is 13.1. The zero-order valence-electron chi connectivity index (χ0n) is 15.4. The van der Waals surface area contributed by atoms with Gasteiger partial charge in [-0.2, -0.15) is 0 Å². The number of halogens is 2. The quantitative estimate of drug-likeness (QED) is 0.378. The number of terminal acetylenes is 1. The van der Waals surface area contributed by atoms with Crippen molar-refractivity contribution in [2.75, 3.05) is 4.90 Å². The van der Waals surface area contributed by atoms with E-state index < -0.39 is 17.8 Å². The fraction of sp³-hybridized carbons (Fsp3) is 0.0455. The first-order valence-corrected chi connectivity index (χ1v) is 9.54. The highest BCUT2D eigenvalue weighted by atomic mass is 35.5. The summed E-state index contributed by atoms with van der Waals surface area (Å²) in [4.78, 5) is 38.8. The minimum Gasteiger partial charge on any atom is -0.335 e. The van der Waals surface area contributed by atoms with E-state index in [0.717, 1.165) is 15.8 Å². The molecule has 1 saturated heterocycles. The van der Waals surface area contributed by atoms with Gasteiger partial charge in [-0.15, -0.1) is 6.42 Å². The molecule has 1 aromatic heterocycles. The fourth-order valence-electron chi connectivity index (χ4n) is 3.32. The van der Waals surface area contributed by atoms with Gasteiger partial charge in [-0.25, -0.2) is 9.69 Å². The number of benzene rings is 2. The Morgan fingerprint density at radius 1 is 1.07 bits per heavy atom. The third kappa shape index (κ3) is 3.24. The minimum atomic E-state index is -0.902. The van der Waals surface area contributed by atoms with Gasteiger partial charge in [-0.05, 0) is 24.3 Å². The van der Waals surface area contributed by atoms with Gasteiger partial charge in [0.1, 0.15) is 5.57 Å². The second-order valence-corrected chi connectivity index (χ2v) is 7.25. The van der Waals surface area contributed by atoms with Gasteiger partial charge in [0, 0.05) is 22.7 Å². The molecule has 1 aliphatic heterocycles. The lowest BCUT2D eigenvalue weighted by atomic mass is 10.1. The van der Waals surface area contributed by atoms with Gasteiger partial charge in [-0.1, -0.05) is 53.4 Å². The van der Waals surface area contributed by atoms with Crippen molar-refractivity contribution in [3.05, 3.63) is 69.8 Å². The highest BCUT2D eigenvalue weighted by Crippen LogP contribution is 2.34. The third-order valence-electron chi connectivity index (χ3n) is 4.65. The maximum Gasteiger partial charge on any atom is 0.336 e. The Morgan fingerprint density at radius 2 is 1.83 bits per heavy atom. The van der Waals surface area contributed by atoms with E-state index in [1.807, 2.05) is 28.8 Å². The number of nitrogens with one attached hydrogen (secondary N) is 1. The van der Waals surface area contributed by atoms with Crippen LogP contribution in [0.5, 0.6) is 0 Å². The number of fused-ring (bicyclic) bond motifs is 1. The first-order valence-electron chi connectivity index (χ1n) is 8.79. The molecule has 2 aromatic carbocycles. The summed E-state index contributed by atoms with van der Waals surface area (Å²) >= 11 is 12.2.